The van der Waals surface area contributed by atoms with Gasteiger partial charge in [0.15, 0.2) is 17.3 Å². The molecule has 0 aliphatic heterocycles. The number of benzene rings is 1. The van der Waals surface area contributed by atoms with Crippen molar-refractivity contribution in [2.24, 2.45) is 5.73 Å². The lowest BCUT2D eigenvalue weighted by atomic mass is 10.1. The maximum absolute atomic E-state index is 11.4. The van der Waals surface area contributed by atoms with E-state index in [4.69, 9.17) is 5.73 Å². The molecule has 0 bridgehead atoms. The summed E-state index contributed by atoms with van der Waals surface area (Å²) in [5, 5.41) is 18.4. The molecule has 4 nitrogen and oxygen atoms in total. The van der Waals surface area contributed by atoms with Crippen LogP contribution in [0.15, 0.2) is 16.6 Å². The number of hydrogen-bond donors (Lipinski definition) is 3. The number of halogens is 1. The average molecular weight is 260 g/mol. The number of carbonyl (C=O) groups excluding carboxylic acids is 1. The van der Waals surface area contributed by atoms with Crippen molar-refractivity contribution in [2.75, 3.05) is 6.54 Å². The van der Waals surface area contributed by atoms with Crippen molar-refractivity contribution in [1.82, 2.24) is 0 Å². The highest BCUT2D eigenvalue weighted by Gasteiger charge is 2.11. The van der Waals surface area contributed by atoms with Crippen molar-refractivity contribution >= 4 is 21.7 Å². The summed E-state index contributed by atoms with van der Waals surface area (Å²) in [6.07, 6.45) is 0.219. The summed E-state index contributed by atoms with van der Waals surface area (Å²) in [4.78, 5) is 11.4. The summed E-state index contributed by atoms with van der Waals surface area (Å²) >= 11 is 3.02. The lowest BCUT2D eigenvalue weighted by Gasteiger charge is -2.04. The third-order valence-corrected chi connectivity index (χ3v) is 2.34. The Kier molecular flexibility index (Phi) is 3.49. The van der Waals surface area contributed by atoms with Gasteiger partial charge in [-0.1, -0.05) is 0 Å². The van der Waals surface area contributed by atoms with Gasteiger partial charge in [-0.2, -0.15) is 0 Å². The van der Waals surface area contributed by atoms with E-state index in [0.29, 0.717) is 5.56 Å². The summed E-state index contributed by atoms with van der Waals surface area (Å²) in [5.74, 6) is -0.752. The first-order valence-corrected chi connectivity index (χ1v) is 4.80. The molecule has 0 aromatic heterocycles. The highest BCUT2D eigenvalue weighted by atomic mass is 79.9. The SMILES string of the molecule is NCCC(=O)c1cc(O)c(O)c(Br)c1. The van der Waals surface area contributed by atoms with Gasteiger partial charge in [-0.25, -0.2) is 0 Å². The van der Waals surface area contributed by atoms with Crippen LogP contribution in [0.25, 0.3) is 0 Å². The number of carbonyl (C=O) groups is 1. The van der Waals surface area contributed by atoms with E-state index in [9.17, 15) is 15.0 Å². The Morgan fingerprint density at radius 1 is 1.43 bits per heavy atom. The molecule has 5 heteroatoms. The van der Waals surface area contributed by atoms with Crippen molar-refractivity contribution in [3.8, 4) is 11.5 Å². The Morgan fingerprint density at radius 3 is 2.57 bits per heavy atom. The molecular weight excluding hydrogens is 250 g/mol. The van der Waals surface area contributed by atoms with Crippen LogP contribution in [0.1, 0.15) is 16.8 Å². The highest BCUT2D eigenvalue weighted by molar-refractivity contribution is 9.10. The van der Waals surface area contributed by atoms with Gasteiger partial charge in [0.05, 0.1) is 4.47 Å². The van der Waals surface area contributed by atoms with Gasteiger partial charge in [0.1, 0.15) is 0 Å². The summed E-state index contributed by atoms with van der Waals surface area (Å²) in [6, 6.07) is 2.67. The Morgan fingerprint density at radius 2 is 2.07 bits per heavy atom. The van der Waals surface area contributed by atoms with Gasteiger partial charge >= 0.3 is 0 Å². The largest absolute Gasteiger partial charge is 0.504 e. The molecular formula is C9H10BrNO3. The first-order valence-electron chi connectivity index (χ1n) is 4.01. The van der Waals surface area contributed by atoms with Crippen LogP contribution in [0.5, 0.6) is 11.5 Å². The summed E-state index contributed by atoms with van der Waals surface area (Å²) in [6.45, 7) is 0.262. The van der Waals surface area contributed by atoms with Crippen molar-refractivity contribution in [3.63, 3.8) is 0 Å². The fourth-order valence-electron chi connectivity index (χ4n) is 1.02. The molecule has 1 aromatic carbocycles. The second-order valence-electron chi connectivity index (χ2n) is 2.79. The third-order valence-electron chi connectivity index (χ3n) is 1.74. The molecule has 0 atom stereocenters. The monoisotopic (exact) mass is 259 g/mol. The number of Topliss-reactive ketones (excluding diaryl/α,β-unsaturated/α-hetero) is 1. The summed E-state index contributed by atoms with van der Waals surface area (Å²) in [5.41, 5.74) is 5.56. The average Bonchev–Trinajstić information content (AvgIpc) is 2.13. The van der Waals surface area contributed by atoms with Crippen LogP contribution in [0.3, 0.4) is 0 Å². The zero-order valence-electron chi connectivity index (χ0n) is 7.33. The molecule has 0 saturated carbocycles. The number of phenolic OH excluding ortho intramolecular Hbond substituents is 2. The smallest absolute Gasteiger partial charge is 0.171 e. The number of rotatable bonds is 3. The van der Waals surface area contributed by atoms with E-state index in [0.717, 1.165) is 0 Å². The van der Waals surface area contributed by atoms with Crippen molar-refractivity contribution < 1.29 is 15.0 Å². The molecule has 0 radical (unpaired) electrons. The minimum Gasteiger partial charge on any atom is -0.504 e. The van der Waals surface area contributed by atoms with E-state index in [1.807, 2.05) is 0 Å². The highest BCUT2D eigenvalue weighted by Crippen LogP contribution is 2.34. The first kappa shape index (κ1) is 11.0. The summed E-state index contributed by atoms with van der Waals surface area (Å²) in [7, 11) is 0. The minimum absolute atomic E-state index is 0.163. The quantitative estimate of drug-likeness (QED) is 0.566. The predicted molar refractivity (Wildman–Crippen MR) is 55.5 cm³/mol. The molecule has 76 valence electrons. The van der Waals surface area contributed by atoms with Crippen molar-refractivity contribution in [3.05, 3.63) is 22.2 Å². The molecule has 1 rings (SSSR count). The maximum atomic E-state index is 11.4. The van der Waals surface area contributed by atoms with Crippen LogP contribution < -0.4 is 5.73 Å². The van der Waals surface area contributed by atoms with Gasteiger partial charge in [-0.05, 0) is 34.6 Å². The topological polar surface area (TPSA) is 83.6 Å². The predicted octanol–water partition coefficient (Wildman–Crippen LogP) is 1.39. The Bertz CT molecular complexity index is 342. The zero-order valence-corrected chi connectivity index (χ0v) is 8.91. The normalized spacial score (nSPS) is 10.1. The van der Waals surface area contributed by atoms with E-state index < -0.39 is 0 Å². The molecule has 0 aliphatic carbocycles. The molecule has 0 saturated heterocycles. The Balaban J connectivity index is 3.06. The molecule has 14 heavy (non-hydrogen) atoms. The van der Waals surface area contributed by atoms with E-state index >= 15 is 0 Å². The van der Waals surface area contributed by atoms with Crippen LogP contribution >= 0.6 is 15.9 Å². The molecule has 0 spiro atoms. The molecule has 0 aliphatic rings. The Labute approximate surface area is 89.5 Å². The first-order chi connectivity index (χ1) is 6.56. The molecule has 0 heterocycles. The number of hydrogen-bond acceptors (Lipinski definition) is 4. The fourth-order valence-corrected chi connectivity index (χ4v) is 1.47. The standard InChI is InChI=1S/C9H10BrNO3/c10-6-3-5(7(12)1-2-11)4-8(13)9(6)14/h3-4,13-14H,1-2,11H2. The fraction of sp³-hybridized carbons (Fsp3) is 0.222. The molecule has 0 amide bonds. The van der Waals surface area contributed by atoms with Gasteiger partial charge in [0, 0.05) is 12.0 Å². The van der Waals surface area contributed by atoms with Crippen molar-refractivity contribution in [2.45, 2.75) is 6.42 Å². The number of aromatic hydroxyl groups is 2. The second-order valence-corrected chi connectivity index (χ2v) is 3.64. The number of nitrogens with two attached hydrogens (primary N) is 1. The summed E-state index contributed by atoms with van der Waals surface area (Å²) < 4.78 is 0.290. The third kappa shape index (κ3) is 2.24. The Hall–Kier alpha value is -1.07. The lowest BCUT2D eigenvalue weighted by molar-refractivity contribution is 0.0985. The number of ketones is 1. The molecule has 0 fully saturated rings. The van der Waals surface area contributed by atoms with Crippen LogP contribution in [-0.2, 0) is 0 Å². The molecule has 0 unspecified atom stereocenters. The lowest BCUT2D eigenvalue weighted by Crippen LogP contribution is -2.07. The van der Waals surface area contributed by atoms with Crippen molar-refractivity contribution in [1.29, 1.82) is 0 Å². The number of phenols is 2. The van der Waals surface area contributed by atoms with E-state index in [1.54, 1.807) is 0 Å². The van der Waals surface area contributed by atoms with Crippen LogP contribution in [0.2, 0.25) is 0 Å². The van der Waals surface area contributed by atoms with Gasteiger partial charge in [0.2, 0.25) is 0 Å². The van der Waals surface area contributed by atoms with Gasteiger partial charge in [-0.3, -0.25) is 4.79 Å². The van der Waals surface area contributed by atoms with Crippen LogP contribution in [0, 0.1) is 0 Å². The van der Waals surface area contributed by atoms with E-state index in [1.165, 1.54) is 12.1 Å². The maximum Gasteiger partial charge on any atom is 0.171 e. The van der Waals surface area contributed by atoms with Crippen LogP contribution in [0.4, 0.5) is 0 Å². The molecule has 1 aromatic rings. The second kappa shape index (κ2) is 4.43. The van der Waals surface area contributed by atoms with E-state index in [-0.39, 0.29) is 34.7 Å². The minimum atomic E-state index is -0.320. The molecule has 4 N–H and O–H groups in total. The van der Waals surface area contributed by atoms with E-state index in [2.05, 4.69) is 15.9 Å². The van der Waals surface area contributed by atoms with Gasteiger partial charge in [0.25, 0.3) is 0 Å². The van der Waals surface area contributed by atoms with Crippen LogP contribution in [-0.4, -0.2) is 22.5 Å². The zero-order chi connectivity index (χ0) is 10.7. The van der Waals surface area contributed by atoms with Gasteiger partial charge in [-0.15, -0.1) is 0 Å². The van der Waals surface area contributed by atoms with Gasteiger partial charge < -0.3 is 15.9 Å².